The molecule has 2 N–H and O–H groups in total. The van der Waals surface area contributed by atoms with Crippen LogP contribution in [0.25, 0.3) is 0 Å². The first kappa shape index (κ1) is 21.4. The first-order valence-corrected chi connectivity index (χ1v) is 11.5. The van der Waals surface area contributed by atoms with E-state index >= 15 is 0 Å². The molecule has 0 bridgehead atoms. The van der Waals surface area contributed by atoms with Gasteiger partial charge in [-0.15, -0.1) is 0 Å². The number of hydrogen-bond acceptors (Lipinski definition) is 7. The van der Waals surface area contributed by atoms with Gasteiger partial charge in [0, 0.05) is 30.5 Å². The Kier molecular flexibility index (Phi) is 6.30. The van der Waals surface area contributed by atoms with Crippen LogP contribution in [0.4, 0.5) is 11.4 Å². The van der Waals surface area contributed by atoms with E-state index in [1.807, 2.05) is 6.07 Å². The normalized spacial score (nSPS) is 17.6. The molecule has 4 rings (SSSR count). The van der Waals surface area contributed by atoms with Gasteiger partial charge in [0.15, 0.2) is 11.5 Å². The number of anilines is 2. The van der Waals surface area contributed by atoms with Crippen LogP contribution in [0.2, 0.25) is 0 Å². The molecular weight excluding hydrogens is 422 g/mol. The van der Waals surface area contributed by atoms with E-state index in [1.54, 1.807) is 31.2 Å². The molecule has 0 radical (unpaired) electrons. The Bertz CT molecular complexity index is 1040. The highest BCUT2D eigenvalue weighted by Gasteiger charge is 2.26. The fraction of sp³-hybridized carbons (Fsp3) is 0.381. The average Bonchev–Trinajstić information content (AvgIpc) is 2.80. The van der Waals surface area contributed by atoms with Crippen molar-refractivity contribution in [2.24, 2.45) is 0 Å². The summed E-state index contributed by atoms with van der Waals surface area (Å²) in [7, 11) is -3.57. The second kappa shape index (κ2) is 9.13. The molecule has 2 aromatic rings. The maximum atomic E-state index is 12.7. The van der Waals surface area contributed by atoms with Gasteiger partial charge in [0.05, 0.1) is 18.1 Å². The molecule has 0 aromatic heterocycles. The summed E-state index contributed by atoms with van der Waals surface area (Å²) in [4.78, 5) is 12.8. The number of carbonyl (C=O) groups is 1. The molecule has 2 aromatic carbocycles. The SMILES string of the molecule is C[C@@H](Nc1ccc2c(c1)OCCO2)C(=O)Nc1ccc(S(=O)(=O)N2CCOCC2)cc1. The molecule has 1 amide bonds. The molecule has 10 heteroatoms. The molecule has 0 saturated carbocycles. The summed E-state index contributed by atoms with van der Waals surface area (Å²) in [6.07, 6.45) is 0. The minimum atomic E-state index is -3.57. The van der Waals surface area contributed by atoms with E-state index in [-0.39, 0.29) is 10.8 Å². The maximum absolute atomic E-state index is 12.7. The lowest BCUT2D eigenvalue weighted by molar-refractivity contribution is -0.116. The van der Waals surface area contributed by atoms with Crippen molar-refractivity contribution < 1.29 is 27.4 Å². The molecule has 1 saturated heterocycles. The number of nitrogens with one attached hydrogen (secondary N) is 2. The molecule has 0 spiro atoms. The maximum Gasteiger partial charge on any atom is 0.246 e. The molecule has 2 heterocycles. The van der Waals surface area contributed by atoms with Crippen LogP contribution in [-0.2, 0) is 19.6 Å². The van der Waals surface area contributed by atoms with Crippen molar-refractivity contribution in [3.63, 3.8) is 0 Å². The topological polar surface area (TPSA) is 106 Å². The lowest BCUT2D eigenvalue weighted by Crippen LogP contribution is -2.40. The number of morpholine rings is 1. The molecule has 1 atom stereocenters. The van der Waals surface area contributed by atoms with Crippen molar-refractivity contribution >= 4 is 27.3 Å². The zero-order valence-corrected chi connectivity index (χ0v) is 18.0. The van der Waals surface area contributed by atoms with Crippen LogP contribution in [0, 0.1) is 0 Å². The van der Waals surface area contributed by atoms with Gasteiger partial charge in [0.1, 0.15) is 19.3 Å². The number of benzene rings is 2. The minimum absolute atomic E-state index is 0.190. The molecule has 166 valence electrons. The van der Waals surface area contributed by atoms with Gasteiger partial charge in [-0.05, 0) is 43.3 Å². The second-order valence-corrected chi connectivity index (χ2v) is 9.19. The number of ether oxygens (including phenoxy) is 3. The van der Waals surface area contributed by atoms with E-state index in [0.29, 0.717) is 56.7 Å². The largest absolute Gasteiger partial charge is 0.486 e. The molecule has 9 nitrogen and oxygen atoms in total. The lowest BCUT2D eigenvalue weighted by atomic mass is 10.2. The lowest BCUT2D eigenvalue weighted by Gasteiger charge is -2.26. The van der Waals surface area contributed by atoms with Crippen molar-refractivity contribution in [2.45, 2.75) is 17.9 Å². The van der Waals surface area contributed by atoms with E-state index in [2.05, 4.69) is 10.6 Å². The summed E-state index contributed by atoms with van der Waals surface area (Å²) in [6.45, 7) is 4.20. The van der Waals surface area contributed by atoms with Crippen LogP contribution in [0.15, 0.2) is 47.4 Å². The van der Waals surface area contributed by atoms with Crippen molar-refractivity contribution in [3.05, 3.63) is 42.5 Å². The quantitative estimate of drug-likeness (QED) is 0.697. The standard InChI is InChI=1S/C21H25N3O6S/c1-15(22-17-4-7-19-20(14-17)30-13-12-29-19)21(25)23-16-2-5-18(6-3-16)31(26,27)24-8-10-28-11-9-24/h2-7,14-15,22H,8-13H2,1H3,(H,23,25)/t15-/m1/s1. The monoisotopic (exact) mass is 447 g/mol. The highest BCUT2D eigenvalue weighted by atomic mass is 32.2. The fourth-order valence-corrected chi connectivity index (χ4v) is 4.75. The Balaban J connectivity index is 1.37. The Hall–Kier alpha value is -2.82. The van der Waals surface area contributed by atoms with Crippen LogP contribution in [0.1, 0.15) is 6.92 Å². The molecule has 31 heavy (non-hydrogen) atoms. The summed E-state index contributed by atoms with van der Waals surface area (Å²) < 4.78 is 43.1. The van der Waals surface area contributed by atoms with Gasteiger partial charge >= 0.3 is 0 Å². The minimum Gasteiger partial charge on any atom is -0.486 e. The van der Waals surface area contributed by atoms with Gasteiger partial charge in [-0.2, -0.15) is 4.31 Å². The predicted octanol–water partition coefficient (Wildman–Crippen LogP) is 1.92. The Morgan fingerprint density at radius 1 is 0.935 bits per heavy atom. The average molecular weight is 448 g/mol. The van der Waals surface area contributed by atoms with E-state index in [9.17, 15) is 13.2 Å². The van der Waals surface area contributed by atoms with Crippen molar-refractivity contribution in [1.82, 2.24) is 4.31 Å². The Morgan fingerprint density at radius 3 is 2.29 bits per heavy atom. The summed E-state index contributed by atoms with van der Waals surface area (Å²) in [5.41, 5.74) is 1.25. The van der Waals surface area contributed by atoms with E-state index < -0.39 is 16.1 Å². The first-order chi connectivity index (χ1) is 14.9. The van der Waals surface area contributed by atoms with Crippen LogP contribution in [0.5, 0.6) is 11.5 Å². The number of sulfonamides is 1. The number of nitrogens with zero attached hydrogens (tertiary/aromatic N) is 1. The molecule has 1 fully saturated rings. The fourth-order valence-electron chi connectivity index (χ4n) is 3.35. The Morgan fingerprint density at radius 2 is 1.58 bits per heavy atom. The molecular formula is C21H25N3O6S. The smallest absolute Gasteiger partial charge is 0.246 e. The van der Waals surface area contributed by atoms with Crippen LogP contribution in [-0.4, -0.2) is 64.2 Å². The molecule has 2 aliphatic rings. The zero-order valence-electron chi connectivity index (χ0n) is 17.2. The third-order valence-electron chi connectivity index (χ3n) is 5.05. The van der Waals surface area contributed by atoms with Gasteiger partial charge in [-0.25, -0.2) is 8.42 Å². The molecule has 0 aliphatic carbocycles. The Labute approximate surface area is 181 Å². The third kappa shape index (κ3) is 4.92. The highest BCUT2D eigenvalue weighted by Crippen LogP contribution is 2.32. The number of carbonyl (C=O) groups excluding carboxylic acids is 1. The van der Waals surface area contributed by atoms with Gasteiger partial charge in [-0.1, -0.05) is 0 Å². The van der Waals surface area contributed by atoms with Gasteiger partial charge < -0.3 is 24.8 Å². The first-order valence-electron chi connectivity index (χ1n) is 10.1. The number of fused-ring (bicyclic) bond motifs is 1. The predicted molar refractivity (Wildman–Crippen MR) is 115 cm³/mol. The zero-order chi connectivity index (χ0) is 21.8. The number of hydrogen-bond donors (Lipinski definition) is 2. The van der Waals surface area contributed by atoms with Crippen molar-refractivity contribution in [3.8, 4) is 11.5 Å². The van der Waals surface area contributed by atoms with Crippen LogP contribution < -0.4 is 20.1 Å². The van der Waals surface area contributed by atoms with Crippen molar-refractivity contribution in [2.75, 3.05) is 50.2 Å². The number of rotatable bonds is 6. The summed E-state index contributed by atoms with van der Waals surface area (Å²) >= 11 is 0. The summed E-state index contributed by atoms with van der Waals surface area (Å²) in [6, 6.07) is 11.1. The van der Waals surface area contributed by atoms with E-state index in [4.69, 9.17) is 14.2 Å². The molecule has 0 unspecified atom stereocenters. The number of amides is 1. The van der Waals surface area contributed by atoms with E-state index in [0.717, 1.165) is 5.69 Å². The highest BCUT2D eigenvalue weighted by molar-refractivity contribution is 7.89. The van der Waals surface area contributed by atoms with Gasteiger partial charge in [0.25, 0.3) is 0 Å². The van der Waals surface area contributed by atoms with Crippen molar-refractivity contribution in [1.29, 1.82) is 0 Å². The van der Waals surface area contributed by atoms with Crippen LogP contribution >= 0.6 is 0 Å². The summed E-state index contributed by atoms with van der Waals surface area (Å²) in [5.74, 6) is 1.07. The third-order valence-corrected chi connectivity index (χ3v) is 6.96. The summed E-state index contributed by atoms with van der Waals surface area (Å²) in [5, 5.41) is 5.93. The second-order valence-electron chi connectivity index (χ2n) is 7.25. The molecule has 2 aliphatic heterocycles. The van der Waals surface area contributed by atoms with Gasteiger partial charge in [-0.3, -0.25) is 4.79 Å². The van der Waals surface area contributed by atoms with Gasteiger partial charge in [0.2, 0.25) is 15.9 Å². The van der Waals surface area contributed by atoms with Crippen LogP contribution in [0.3, 0.4) is 0 Å². The van der Waals surface area contributed by atoms with E-state index in [1.165, 1.54) is 16.4 Å².